The number of furan rings is 2. The summed E-state index contributed by atoms with van der Waals surface area (Å²) in [6.45, 7) is 0. The van der Waals surface area contributed by atoms with Crippen molar-refractivity contribution in [2.75, 3.05) is 0 Å². The second kappa shape index (κ2) is 13.0. The van der Waals surface area contributed by atoms with E-state index in [1.807, 2.05) is 36.4 Å². The van der Waals surface area contributed by atoms with Crippen molar-refractivity contribution in [2.45, 2.75) is 0 Å². The Balaban J connectivity index is 0.982. The first kappa shape index (κ1) is 31.9. The predicted octanol–water partition coefficient (Wildman–Crippen LogP) is 13.7. The van der Waals surface area contributed by atoms with Crippen molar-refractivity contribution in [3.63, 3.8) is 0 Å². The van der Waals surface area contributed by atoms with Crippen molar-refractivity contribution in [1.82, 2.24) is 15.0 Å². The molecule has 0 saturated heterocycles. The first-order chi connectivity index (χ1) is 27.7. The molecule has 0 aliphatic carbocycles. The van der Waals surface area contributed by atoms with Crippen LogP contribution in [0.1, 0.15) is 0 Å². The molecule has 8 aromatic carbocycles. The highest BCUT2D eigenvalue weighted by molar-refractivity contribution is 6.07. The van der Waals surface area contributed by atoms with Gasteiger partial charge < -0.3 is 8.83 Å². The Morgan fingerprint density at radius 3 is 1.36 bits per heavy atom. The van der Waals surface area contributed by atoms with Crippen LogP contribution in [0.25, 0.3) is 111 Å². The van der Waals surface area contributed by atoms with Crippen LogP contribution < -0.4 is 0 Å². The molecule has 3 aromatic heterocycles. The zero-order valence-electron chi connectivity index (χ0n) is 30.1. The molecule has 0 N–H and O–H groups in total. The molecule has 11 rings (SSSR count). The van der Waals surface area contributed by atoms with E-state index in [9.17, 15) is 0 Å². The Hall–Kier alpha value is -7.63. The maximum atomic E-state index is 6.36. The van der Waals surface area contributed by atoms with Crippen molar-refractivity contribution in [3.8, 4) is 67.5 Å². The van der Waals surface area contributed by atoms with Gasteiger partial charge in [0.05, 0.1) is 0 Å². The number of hydrogen-bond acceptors (Lipinski definition) is 5. The van der Waals surface area contributed by atoms with Gasteiger partial charge in [0, 0.05) is 38.2 Å². The summed E-state index contributed by atoms with van der Waals surface area (Å²) >= 11 is 0. The third-order valence-corrected chi connectivity index (χ3v) is 10.6. The van der Waals surface area contributed by atoms with Gasteiger partial charge in [0.15, 0.2) is 17.5 Å². The van der Waals surface area contributed by atoms with Gasteiger partial charge in [0.2, 0.25) is 0 Å². The van der Waals surface area contributed by atoms with E-state index < -0.39 is 0 Å². The number of aromatic nitrogens is 3. The molecular weight excluding hydrogens is 687 g/mol. The van der Waals surface area contributed by atoms with Gasteiger partial charge in [-0.15, -0.1) is 0 Å². The van der Waals surface area contributed by atoms with E-state index in [0.29, 0.717) is 17.5 Å². The topological polar surface area (TPSA) is 65.0 Å². The Bertz CT molecular complexity index is 3240. The molecule has 0 atom stereocenters. The lowest BCUT2D eigenvalue weighted by atomic mass is 10.0. The first-order valence-electron chi connectivity index (χ1n) is 18.7. The molecule has 0 aliphatic heterocycles. The number of rotatable bonds is 6. The minimum absolute atomic E-state index is 0.576. The average molecular weight is 718 g/mol. The van der Waals surface area contributed by atoms with Gasteiger partial charge in [0.1, 0.15) is 22.3 Å². The van der Waals surface area contributed by atoms with E-state index in [0.717, 1.165) is 82.8 Å². The molecule has 0 bridgehead atoms. The highest BCUT2D eigenvalue weighted by atomic mass is 16.3. The average Bonchev–Trinajstić information content (AvgIpc) is 3.84. The molecule has 0 unspecified atom stereocenters. The fraction of sp³-hybridized carbons (Fsp3) is 0. The Kier molecular flexibility index (Phi) is 7.42. The molecule has 5 heteroatoms. The van der Waals surface area contributed by atoms with Crippen LogP contribution in [-0.2, 0) is 0 Å². The summed E-state index contributed by atoms with van der Waals surface area (Å²) in [7, 11) is 0. The van der Waals surface area contributed by atoms with Crippen LogP contribution in [0.5, 0.6) is 0 Å². The summed E-state index contributed by atoms with van der Waals surface area (Å²) in [5, 5.41) is 4.35. The fourth-order valence-corrected chi connectivity index (χ4v) is 7.68. The number of nitrogens with zero attached hydrogens (tertiary/aromatic N) is 3. The highest BCUT2D eigenvalue weighted by Gasteiger charge is 2.16. The maximum Gasteiger partial charge on any atom is 0.164 e. The van der Waals surface area contributed by atoms with Crippen molar-refractivity contribution in [2.24, 2.45) is 0 Å². The van der Waals surface area contributed by atoms with Crippen LogP contribution in [-0.4, -0.2) is 15.0 Å². The molecule has 0 aliphatic rings. The first-order valence-corrected chi connectivity index (χ1v) is 18.7. The molecule has 11 aromatic rings. The van der Waals surface area contributed by atoms with Gasteiger partial charge in [-0.3, -0.25) is 0 Å². The summed E-state index contributed by atoms with van der Waals surface area (Å²) in [6, 6.07) is 64.7. The molecule has 3 heterocycles. The summed E-state index contributed by atoms with van der Waals surface area (Å²) < 4.78 is 12.6. The Morgan fingerprint density at radius 1 is 0.232 bits per heavy atom. The van der Waals surface area contributed by atoms with Crippen molar-refractivity contribution in [3.05, 3.63) is 188 Å². The number of fused-ring (bicyclic) bond motifs is 6. The molecule has 0 fully saturated rings. The lowest BCUT2D eigenvalue weighted by Gasteiger charge is -2.10. The summed E-state index contributed by atoms with van der Waals surface area (Å²) in [6.07, 6.45) is 0. The zero-order chi connectivity index (χ0) is 37.0. The van der Waals surface area contributed by atoms with Crippen LogP contribution in [0.3, 0.4) is 0 Å². The van der Waals surface area contributed by atoms with Gasteiger partial charge >= 0.3 is 0 Å². The third kappa shape index (κ3) is 5.62. The third-order valence-electron chi connectivity index (χ3n) is 10.6. The molecule has 0 spiro atoms. The molecule has 5 nitrogen and oxygen atoms in total. The lowest BCUT2D eigenvalue weighted by Crippen LogP contribution is -2.00. The maximum absolute atomic E-state index is 6.36. The van der Waals surface area contributed by atoms with Crippen LogP contribution >= 0.6 is 0 Å². The normalized spacial score (nSPS) is 11.6. The molecule has 56 heavy (non-hydrogen) atoms. The summed E-state index contributed by atoms with van der Waals surface area (Å²) in [4.78, 5) is 15.2. The van der Waals surface area contributed by atoms with Gasteiger partial charge in [-0.05, 0) is 81.9 Å². The second-order valence-corrected chi connectivity index (χ2v) is 14.0. The molecular formula is C51H31N3O2. The van der Waals surface area contributed by atoms with Crippen LogP contribution in [0, 0.1) is 0 Å². The van der Waals surface area contributed by atoms with Crippen molar-refractivity contribution in [1.29, 1.82) is 0 Å². The van der Waals surface area contributed by atoms with Crippen LogP contribution in [0.2, 0.25) is 0 Å². The lowest BCUT2D eigenvalue weighted by molar-refractivity contribution is 0.668. The second-order valence-electron chi connectivity index (χ2n) is 14.0. The number of hydrogen-bond donors (Lipinski definition) is 0. The van der Waals surface area contributed by atoms with E-state index in [-0.39, 0.29) is 0 Å². The van der Waals surface area contributed by atoms with Crippen LogP contribution in [0.4, 0.5) is 0 Å². The zero-order valence-corrected chi connectivity index (χ0v) is 30.1. The van der Waals surface area contributed by atoms with E-state index in [1.165, 1.54) is 11.1 Å². The van der Waals surface area contributed by atoms with Crippen molar-refractivity contribution >= 4 is 43.9 Å². The molecule has 0 radical (unpaired) electrons. The van der Waals surface area contributed by atoms with E-state index in [1.54, 1.807) is 0 Å². The monoisotopic (exact) mass is 717 g/mol. The fourth-order valence-electron chi connectivity index (χ4n) is 7.68. The van der Waals surface area contributed by atoms with Gasteiger partial charge in [-0.2, -0.15) is 0 Å². The van der Waals surface area contributed by atoms with Gasteiger partial charge in [-0.25, -0.2) is 15.0 Å². The van der Waals surface area contributed by atoms with Crippen LogP contribution in [0.15, 0.2) is 197 Å². The standard InChI is InChI=1S/C51H31N3O2/c1-3-10-32(11-4-1)36-14-9-15-39(28-36)50-52-49(53-51(54-50)40-23-26-42-41-16-7-8-17-45(41)55-48(42)31-40)35-20-18-34(19-21-35)38-22-25-43-44-29-37(33-12-5-2-6-13-33)24-27-46(44)56-47(43)30-38/h1-31H. The molecule has 262 valence electrons. The Labute approximate surface area is 322 Å². The van der Waals surface area contributed by atoms with E-state index >= 15 is 0 Å². The van der Waals surface area contributed by atoms with E-state index in [2.05, 4.69) is 152 Å². The minimum atomic E-state index is 0.576. The summed E-state index contributed by atoms with van der Waals surface area (Å²) in [5.41, 5.74) is 12.8. The van der Waals surface area contributed by atoms with Gasteiger partial charge in [-0.1, -0.05) is 140 Å². The Morgan fingerprint density at radius 2 is 0.643 bits per heavy atom. The minimum Gasteiger partial charge on any atom is -0.456 e. The van der Waals surface area contributed by atoms with E-state index in [4.69, 9.17) is 23.8 Å². The summed E-state index contributed by atoms with van der Waals surface area (Å²) in [5.74, 6) is 1.77. The molecule has 0 saturated carbocycles. The van der Waals surface area contributed by atoms with Gasteiger partial charge in [0.25, 0.3) is 0 Å². The predicted molar refractivity (Wildman–Crippen MR) is 227 cm³/mol. The smallest absolute Gasteiger partial charge is 0.164 e. The van der Waals surface area contributed by atoms with Crippen molar-refractivity contribution < 1.29 is 8.83 Å². The number of benzene rings is 8. The highest BCUT2D eigenvalue weighted by Crippen LogP contribution is 2.36. The largest absolute Gasteiger partial charge is 0.456 e. The number of para-hydroxylation sites is 1. The quantitative estimate of drug-likeness (QED) is 0.171. The SMILES string of the molecule is c1ccc(-c2cccc(-c3nc(-c4ccc(-c5ccc6c(c5)oc5ccc(-c7ccccc7)cc56)cc4)nc(-c4ccc5c(c4)oc4ccccc45)n3)c2)cc1. The molecule has 0 amide bonds.